The second kappa shape index (κ2) is 2.79. The minimum Gasteiger partial charge on any atom is -0.324 e. The van der Waals surface area contributed by atoms with E-state index in [1.807, 2.05) is 6.07 Å². The van der Waals surface area contributed by atoms with Gasteiger partial charge in [-0.05, 0) is 30.7 Å². The zero-order valence-corrected chi connectivity index (χ0v) is 5.91. The molecule has 1 heteroatoms. The molecule has 0 aliphatic rings. The Morgan fingerprint density at radius 1 is 1.27 bits per heavy atom. The van der Waals surface area contributed by atoms with Gasteiger partial charge in [0.2, 0.25) is 0 Å². The minimum atomic E-state index is 0. The maximum atomic E-state index is 2.17. The van der Waals surface area contributed by atoms with Crippen LogP contribution in [0.1, 0.15) is 13.0 Å². The summed E-state index contributed by atoms with van der Waals surface area (Å²) in [6.45, 7) is 2.10. The molecule has 58 valence electrons. The Bertz CT molecular complexity index is 313. The molecule has 0 spiro atoms. The van der Waals surface area contributed by atoms with Crippen LogP contribution in [-0.2, 0) is 0 Å². The number of nitrogens with zero attached hydrogens (tertiary/aromatic N) is 1. The SMILES string of the molecule is C.Cc1cc2ccccn2c1. The van der Waals surface area contributed by atoms with Crippen molar-refractivity contribution in [2.75, 3.05) is 0 Å². The van der Waals surface area contributed by atoms with Gasteiger partial charge in [0, 0.05) is 17.9 Å². The summed E-state index contributed by atoms with van der Waals surface area (Å²) in [6.07, 6.45) is 4.18. The van der Waals surface area contributed by atoms with Gasteiger partial charge in [0.1, 0.15) is 0 Å². The number of hydrogen-bond acceptors (Lipinski definition) is 0. The third-order valence-corrected chi connectivity index (χ3v) is 1.64. The fourth-order valence-corrected chi connectivity index (χ4v) is 1.20. The van der Waals surface area contributed by atoms with E-state index in [1.54, 1.807) is 0 Å². The summed E-state index contributed by atoms with van der Waals surface area (Å²) in [4.78, 5) is 0. The maximum Gasteiger partial charge on any atom is 0.0452 e. The van der Waals surface area contributed by atoms with E-state index in [1.165, 1.54) is 11.1 Å². The van der Waals surface area contributed by atoms with Crippen LogP contribution in [0.5, 0.6) is 0 Å². The minimum absolute atomic E-state index is 0. The van der Waals surface area contributed by atoms with E-state index in [4.69, 9.17) is 0 Å². The Morgan fingerprint density at radius 3 is 2.82 bits per heavy atom. The molecule has 0 amide bonds. The molecule has 2 aromatic rings. The maximum absolute atomic E-state index is 2.17. The molecule has 0 radical (unpaired) electrons. The average Bonchev–Trinajstić information content (AvgIpc) is 2.27. The van der Waals surface area contributed by atoms with Crippen LogP contribution in [0.3, 0.4) is 0 Å². The summed E-state index contributed by atoms with van der Waals surface area (Å²) in [5.74, 6) is 0. The molecule has 0 bridgehead atoms. The molecular weight excluding hydrogens is 134 g/mol. The standard InChI is InChI=1S/C9H9N.CH4/c1-8-6-9-4-2-3-5-10(9)7-8;/h2-7H,1H3;1H4. The van der Waals surface area contributed by atoms with E-state index in [0.29, 0.717) is 0 Å². The number of pyridine rings is 1. The Morgan fingerprint density at radius 2 is 2.09 bits per heavy atom. The lowest BCUT2D eigenvalue weighted by Gasteiger charge is -1.88. The lowest BCUT2D eigenvalue weighted by atomic mass is 10.3. The largest absolute Gasteiger partial charge is 0.324 e. The quantitative estimate of drug-likeness (QED) is 0.539. The van der Waals surface area contributed by atoms with Crippen LogP contribution in [0.2, 0.25) is 0 Å². The van der Waals surface area contributed by atoms with Crippen molar-refractivity contribution >= 4 is 5.52 Å². The molecule has 0 aromatic carbocycles. The topological polar surface area (TPSA) is 4.41 Å². The molecule has 0 atom stereocenters. The van der Waals surface area contributed by atoms with Crippen molar-refractivity contribution in [3.05, 3.63) is 42.2 Å². The smallest absolute Gasteiger partial charge is 0.0452 e. The van der Waals surface area contributed by atoms with Gasteiger partial charge in [-0.2, -0.15) is 0 Å². The van der Waals surface area contributed by atoms with Crippen LogP contribution in [0.15, 0.2) is 36.7 Å². The molecule has 2 heterocycles. The summed E-state index contributed by atoms with van der Waals surface area (Å²) >= 11 is 0. The third kappa shape index (κ3) is 1.27. The third-order valence-electron chi connectivity index (χ3n) is 1.64. The van der Waals surface area contributed by atoms with Crippen molar-refractivity contribution in [2.45, 2.75) is 14.4 Å². The van der Waals surface area contributed by atoms with Gasteiger partial charge in [-0.25, -0.2) is 0 Å². The Labute approximate surface area is 67.3 Å². The fraction of sp³-hybridized carbons (Fsp3) is 0.200. The van der Waals surface area contributed by atoms with Crippen LogP contribution in [0.25, 0.3) is 5.52 Å². The van der Waals surface area contributed by atoms with Crippen molar-refractivity contribution < 1.29 is 0 Å². The highest BCUT2D eigenvalue weighted by molar-refractivity contribution is 5.49. The van der Waals surface area contributed by atoms with E-state index in [0.717, 1.165) is 0 Å². The highest BCUT2D eigenvalue weighted by Crippen LogP contribution is 2.07. The Kier molecular flexibility index (Phi) is 1.99. The first-order valence-electron chi connectivity index (χ1n) is 3.39. The molecule has 1 nitrogen and oxygen atoms in total. The molecule has 0 N–H and O–H groups in total. The van der Waals surface area contributed by atoms with Crippen LogP contribution in [0.4, 0.5) is 0 Å². The normalized spacial score (nSPS) is 9.55. The average molecular weight is 147 g/mol. The van der Waals surface area contributed by atoms with Crippen molar-refractivity contribution in [3.8, 4) is 0 Å². The highest BCUT2D eigenvalue weighted by Gasteiger charge is 1.90. The van der Waals surface area contributed by atoms with E-state index in [-0.39, 0.29) is 7.43 Å². The molecule has 2 rings (SSSR count). The first-order valence-corrected chi connectivity index (χ1v) is 3.39. The monoisotopic (exact) mass is 147 g/mol. The summed E-state index contributed by atoms with van der Waals surface area (Å²) in [7, 11) is 0. The summed E-state index contributed by atoms with van der Waals surface area (Å²) in [6, 6.07) is 8.36. The van der Waals surface area contributed by atoms with Crippen molar-refractivity contribution in [1.29, 1.82) is 0 Å². The highest BCUT2D eigenvalue weighted by atomic mass is 14.8. The Hall–Kier alpha value is -1.24. The van der Waals surface area contributed by atoms with Gasteiger partial charge in [-0.3, -0.25) is 0 Å². The summed E-state index contributed by atoms with van der Waals surface area (Å²) in [5.41, 5.74) is 2.58. The summed E-state index contributed by atoms with van der Waals surface area (Å²) < 4.78 is 2.12. The van der Waals surface area contributed by atoms with Crippen molar-refractivity contribution in [2.24, 2.45) is 0 Å². The number of fused-ring (bicyclic) bond motifs is 1. The molecule has 0 unspecified atom stereocenters. The molecule has 11 heavy (non-hydrogen) atoms. The predicted molar refractivity (Wildman–Crippen MR) is 48.9 cm³/mol. The van der Waals surface area contributed by atoms with Gasteiger partial charge in [0.15, 0.2) is 0 Å². The Balaban J connectivity index is 0.000000605. The zero-order valence-electron chi connectivity index (χ0n) is 5.91. The molecular formula is C10H13N. The van der Waals surface area contributed by atoms with Gasteiger partial charge in [-0.15, -0.1) is 0 Å². The molecule has 0 aliphatic carbocycles. The molecule has 0 saturated heterocycles. The van der Waals surface area contributed by atoms with Gasteiger partial charge in [-0.1, -0.05) is 13.5 Å². The predicted octanol–water partition coefficient (Wildman–Crippen LogP) is 2.88. The van der Waals surface area contributed by atoms with Crippen LogP contribution in [-0.4, -0.2) is 4.40 Å². The number of rotatable bonds is 0. The molecule has 0 saturated carbocycles. The first kappa shape index (κ1) is 7.86. The number of aryl methyl sites for hydroxylation is 1. The fourth-order valence-electron chi connectivity index (χ4n) is 1.20. The van der Waals surface area contributed by atoms with Gasteiger partial charge < -0.3 is 4.40 Å². The van der Waals surface area contributed by atoms with Gasteiger partial charge in [0.05, 0.1) is 0 Å². The molecule has 0 fully saturated rings. The van der Waals surface area contributed by atoms with Gasteiger partial charge in [0.25, 0.3) is 0 Å². The van der Waals surface area contributed by atoms with E-state index >= 15 is 0 Å². The van der Waals surface area contributed by atoms with Gasteiger partial charge >= 0.3 is 0 Å². The van der Waals surface area contributed by atoms with E-state index in [9.17, 15) is 0 Å². The lowest BCUT2D eigenvalue weighted by Crippen LogP contribution is -1.75. The first-order chi connectivity index (χ1) is 4.86. The lowest BCUT2D eigenvalue weighted by molar-refractivity contribution is 1.19. The van der Waals surface area contributed by atoms with Crippen LogP contribution < -0.4 is 0 Å². The molecule has 0 aliphatic heterocycles. The number of hydrogen-bond donors (Lipinski definition) is 0. The summed E-state index contributed by atoms with van der Waals surface area (Å²) in [5, 5.41) is 0. The zero-order chi connectivity index (χ0) is 6.97. The number of aromatic nitrogens is 1. The second-order valence-electron chi connectivity index (χ2n) is 2.55. The molecule has 2 aromatic heterocycles. The van der Waals surface area contributed by atoms with Crippen LogP contribution in [0, 0.1) is 6.92 Å². The van der Waals surface area contributed by atoms with E-state index < -0.39 is 0 Å². The van der Waals surface area contributed by atoms with Crippen molar-refractivity contribution in [1.82, 2.24) is 4.40 Å². The van der Waals surface area contributed by atoms with Crippen molar-refractivity contribution in [3.63, 3.8) is 0 Å². The second-order valence-corrected chi connectivity index (χ2v) is 2.55. The van der Waals surface area contributed by atoms with Crippen LogP contribution >= 0.6 is 0 Å². The van der Waals surface area contributed by atoms with E-state index in [2.05, 4.69) is 41.9 Å².